The second-order valence-corrected chi connectivity index (χ2v) is 13.4. The van der Waals surface area contributed by atoms with Crippen LogP contribution in [0.15, 0.2) is 65.3 Å². The molecule has 1 saturated heterocycles. The fraction of sp³-hybridized carbons (Fsp3) is 0.472. The third-order valence-corrected chi connectivity index (χ3v) is 8.77. The van der Waals surface area contributed by atoms with Gasteiger partial charge in [-0.05, 0) is 64.2 Å². The Morgan fingerprint density at radius 2 is 1.87 bits per heavy atom. The average Bonchev–Trinajstić information content (AvgIpc) is 3.64. The fourth-order valence-corrected chi connectivity index (χ4v) is 6.43. The van der Waals surface area contributed by atoms with Gasteiger partial charge in [0, 0.05) is 63.1 Å². The summed E-state index contributed by atoms with van der Waals surface area (Å²) in [4.78, 5) is 36.0. The summed E-state index contributed by atoms with van der Waals surface area (Å²) < 4.78 is 34.6. The normalized spacial score (nSPS) is 18.6. The van der Waals surface area contributed by atoms with E-state index < -0.39 is 17.6 Å². The number of carbonyl (C=O) groups is 2. The average molecular weight is 631 g/mol. The smallest absolute Gasteiger partial charge is 0.410 e. The van der Waals surface area contributed by atoms with Crippen molar-refractivity contribution in [2.75, 3.05) is 26.8 Å². The molecule has 46 heavy (non-hydrogen) atoms. The number of aryl methyl sites for hydroxylation is 1. The highest BCUT2D eigenvalue weighted by atomic mass is 19.1. The Bertz CT molecular complexity index is 1670. The number of halogens is 1. The summed E-state index contributed by atoms with van der Waals surface area (Å²) in [5.41, 5.74) is 1.81. The number of benzene rings is 2. The van der Waals surface area contributed by atoms with E-state index in [2.05, 4.69) is 4.98 Å². The van der Waals surface area contributed by atoms with Gasteiger partial charge in [-0.15, -0.1) is 0 Å². The van der Waals surface area contributed by atoms with E-state index in [1.165, 1.54) is 6.07 Å². The van der Waals surface area contributed by atoms with Crippen LogP contribution in [0.4, 0.5) is 9.18 Å². The lowest BCUT2D eigenvalue weighted by Gasteiger charge is -2.39. The van der Waals surface area contributed by atoms with E-state index in [1.54, 1.807) is 24.3 Å². The van der Waals surface area contributed by atoms with Gasteiger partial charge in [0.05, 0.1) is 23.5 Å². The second kappa shape index (κ2) is 13.3. The molecule has 2 aromatic carbocycles. The van der Waals surface area contributed by atoms with Crippen molar-refractivity contribution in [3.63, 3.8) is 0 Å². The van der Waals surface area contributed by atoms with Crippen LogP contribution in [0.25, 0.3) is 22.2 Å². The lowest BCUT2D eigenvalue weighted by molar-refractivity contribution is -0.139. The van der Waals surface area contributed by atoms with Gasteiger partial charge in [-0.2, -0.15) is 0 Å². The summed E-state index contributed by atoms with van der Waals surface area (Å²) in [7, 11) is 1.67. The van der Waals surface area contributed by atoms with Gasteiger partial charge < -0.3 is 28.3 Å². The van der Waals surface area contributed by atoms with Gasteiger partial charge >= 0.3 is 6.09 Å². The number of amides is 2. The van der Waals surface area contributed by atoms with Crippen LogP contribution < -0.4 is 0 Å². The van der Waals surface area contributed by atoms with Crippen LogP contribution in [-0.4, -0.2) is 69.8 Å². The van der Waals surface area contributed by atoms with E-state index in [4.69, 9.17) is 13.9 Å². The first-order valence-electron chi connectivity index (χ1n) is 16.2. The van der Waals surface area contributed by atoms with E-state index in [1.807, 2.05) is 72.8 Å². The Hall–Kier alpha value is -4.18. The monoisotopic (exact) mass is 630 g/mol. The van der Waals surface area contributed by atoms with Gasteiger partial charge in [0.1, 0.15) is 11.4 Å². The number of hydrogen-bond acceptors (Lipinski definition) is 6. The third-order valence-electron chi connectivity index (χ3n) is 8.77. The molecule has 1 saturated carbocycles. The molecule has 2 atom stereocenters. The van der Waals surface area contributed by atoms with E-state index in [-0.39, 0.29) is 36.8 Å². The van der Waals surface area contributed by atoms with Crippen LogP contribution >= 0.6 is 0 Å². The number of hydrogen-bond donors (Lipinski definition) is 0. The third kappa shape index (κ3) is 6.97. The SMILES string of the molecule is COCCCn1cc(CN(C(=O)C2CN(C(=O)OC(C)(C)C)CCC2c2ncc(-c3ccccc3)o2)C2CC2)c2c(F)cccc21. The molecule has 9 nitrogen and oxygen atoms in total. The molecular formula is C36H43FN4O5. The lowest BCUT2D eigenvalue weighted by Crippen LogP contribution is -2.51. The van der Waals surface area contributed by atoms with Crippen molar-refractivity contribution >= 4 is 22.9 Å². The molecule has 2 amide bonds. The predicted molar refractivity (Wildman–Crippen MR) is 173 cm³/mol. The number of ether oxygens (including phenoxy) is 2. The molecule has 4 aromatic rings. The van der Waals surface area contributed by atoms with Crippen LogP contribution in [0.2, 0.25) is 0 Å². The van der Waals surface area contributed by atoms with Crippen LogP contribution in [0.3, 0.4) is 0 Å². The van der Waals surface area contributed by atoms with Crippen molar-refractivity contribution in [2.45, 2.75) is 77.1 Å². The van der Waals surface area contributed by atoms with E-state index in [9.17, 15) is 9.59 Å². The first-order chi connectivity index (χ1) is 22.1. The van der Waals surface area contributed by atoms with E-state index >= 15 is 4.39 Å². The number of piperidine rings is 1. The topological polar surface area (TPSA) is 90.0 Å². The highest BCUT2D eigenvalue weighted by Gasteiger charge is 2.45. The zero-order chi connectivity index (χ0) is 32.4. The van der Waals surface area contributed by atoms with Gasteiger partial charge in [-0.1, -0.05) is 36.4 Å². The molecule has 2 fully saturated rings. The molecular weight excluding hydrogens is 587 g/mol. The van der Waals surface area contributed by atoms with Gasteiger partial charge in [-0.25, -0.2) is 14.2 Å². The number of methoxy groups -OCH3 is 1. The van der Waals surface area contributed by atoms with Crippen LogP contribution in [0.5, 0.6) is 0 Å². The number of rotatable bonds is 10. The van der Waals surface area contributed by atoms with Crippen LogP contribution in [0, 0.1) is 11.7 Å². The summed E-state index contributed by atoms with van der Waals surface area (Å²) >= 11 is 0. The Balaban J connectivity index is 1.32. The number of likely N-dealkylation sites (tertiary alicyclic amines) is 1. The molecule has 0 spiro atoms. The van der Waals surface area contributed by atoms with Crippen molar-refractivity contribution < 1.29 is 27.9 Å². The minimum atomic E-state index is -0.665. The van der Waals surface area contributed by atoms with Gasteiger partial charge in [-0.3, -0.25) is 4.79 Å². The van der Waals surface area contributed by atoms with E-state index in [0.717, 1.165) is 35.9 Å². The Morgan fingerprint density at radius 3 is 2.59 bits per heavy atom. The van der Waals surface area contributed by atoms with Crippen LogP contribution in [-0.2, 0) is 27.4 Å². The molecule has 10 heteroatoms. The minimum absolute atomic E-state index is 0.0492. The Labute approximate surface area is 269 Å². The first kappa shape index (κ1) is 31.8. The maximum atomic E-state index is 15.4. The fourth-order valence-electron chi connectivity index (χ4n) is 6.43. The molecule has 0 bridgehead atoms. The highest BCUT2D eigenvalue weighted by molar-refractivity contribution is 5.86. The summed E-state index contributed by atoms with van der Waals surface area (Å²) in [6.07, 6.45) is 6.27. The van der Waals surface area contributed by atoms with Gasteiger partial charge in [0.25, 0.3) is 0 Å². The number of nitrogens with zero attached hydrogens (tertiary/aromatic N) is 4. The number of oxazole rings is 1. The maximum absolute atomic E-state index is 15.4. The van der Waals surface area contributed by atoms with Crippen molar-refractivity contribution in [1.82, 2.24) is 19.4 Å². The Morgan fingerprint density at radius 1 is 1.09 bits per heavy atom. The summed E-state index contributed by atoms with van der Waals surface area (Å²) in [6.45, 7) is 7.63. The molecule has 2 unspecified atom stereocenters. The lowest BCUT2D eigenvalue weighted by atomic mass is 9.84. The molecule has 0 radical (unpaired) electrons. The summed E-state index contributed by atoms with van der Waals surface area (Å²) in [5, 5.41) is 0.536. The van der Waals surface area contributed by atoms with Gasteiger partial charge in [0.15, 0.2) is 11.7 Å². The molecule has 6 rings (SSSR count). The Kier molecular flexibility index (Phi) is 9.18. The second-order valence-electron chi connectivity index (χ2n) is 13.4. The molecule has 2 aliphatic rings. The van der Waals surface area contributed by atoms with Crippen molar-refractivity contribution in [2.24, 2.45) is 5.92 Å². The standard InChI is InChI=1S/C36H43FN4O5/c1-36(2,3)46-35(43)40-18-16-27(33-38-20-31(45-33)24-10-6-5-7-11-24)28(23-40)34(42)41(26-14-15-26)22-25-21-39(17-9-19-44-4)30-13-8-12-29(37)32(25)30/h5-8,10-13,20-21,26-28H,9,14-19,22-23H2,1-4H3. The zero-order valence-corrected chi connectivity index (χ0v) is 27.1. The van der Waals surface area contributed by atoms with Crippen molar-refractivity contribution in [1.29, 1.82) is 0 Å². The van der Waals surface area contributed by atoms with Crippen molar-refractivity contribution in [3.05, 3.63) is 78.2 Å². The quantitative estimate of drug-likeness (QED) is 0.175. The number of carbonyl (C=O) groups excluding carboxylic acids is 2. The minimum Gasteiger partial charge on any atom is -0.444 e. The van der Waals surface area contributed by atoms with E-state index in [0.29, 0.717) is 43.2 Å². The predicted octanol–water partition coefficient (Wildman–Crippen LogP) is 7.00. The molecule has 3 heterocycles. The largest absolute Gasteiger partial charge is 0.444 e. The molecule has 2 aromatic heterocycles. The van der Waals surface area contributed by atoms with Gasteiger partial charge in [0.2, 0.25) is 5.91 Å². The molecule has 0 N–H and O–H groups in total. The number of fused-ring (bicyclic) bond motifs is 1. The summed E-state index contributed by atoms with van der Waals surface area (Å²) in [5.74, 6) is -0.219. The molecule has 1 aliphatic carbocycles. The van der Waals surface area contributed by atoms with Crippen LogP contribution in [0.1, 0.15) is 63.8 Å². The van der Waals surface area contributed by atoms with Crippen molar-refractivity contribution in [3.8, 4) is 11.3 Å². The zero-order valence-electron chi connectivity index (χ0n) is 27.1. The molecule has 244 valence electrons. The highest BCUT2D eigenvalue weighted by Crippen LogP contribution is 2.39. The first-order valence-corrected chi connectivity index (χ1v) is 16.2. The number of aromatic nitrogens is 2. The summed E-state index contributed by atoms with van der Waals surface area (Å²) in [6, 6.07) is 14.9. The maximum Gasteiger partial charge on any atom is 0.410 e. The molecule has 1 aliphatic heterocycles.